The van der Waals surface area contributed by atoms with Gasteiger partial charge in [-0.3, -0.25) is 4.79 Å². The number of carbonyl (C=O) groups is 1. The van der Waals surface area contributed by atoms with E-state index in [0.29, 0.717) is 12.2 Å². The van der Waals surface area contributed by atoms with Crippen molar-refractivity contribution in [3.05, 3.63) is 82.4 Å². The first-order valence-electron chi connectivity index (χ1n) is 10.2. The molecule has 0 radical (unpaired) electrons. The van der Waals surface area contributed by atoms with Gasteiger partial charge in [-0.15, -0.1) is 12.4 Å². The third-order valence-electron chi connectivity index (χ3n) is 5.90. The first-order valence-corrected chi connectivity index (χ1v) is 10.2. The Balaban J connectivity index is 0.00000218. The van der Waals surface area contributed by atoms with E-state index in [1.54, 1.807) is 16.8 Å². The molecule has 7 heteroatoms. The van der Waals surface area contributed by atoms with Gasteiger partial charge < -0.3 is 10.6 Å². The molecule has 1 aliphatic carbocycles. The molecular weight excluding hydrogens is 403 g/mol. The van der Waals surface area contributed by atoms with E-state index in [2.05, 4.69) is 33.9 Å². The second-order valence-electron chi connectivity index (χ2n) is 7.68. The number of amides is 1. The predicted molar refractivity (Wildman–Crippen MR) is 116 cm³/mol. The number of carbonyl (C=O) groups excluding carboxylic acids is 1. The number of fused-ring (bicyclic) bond motifs is 2. The van der Waals surface area contributed by atoms with E-state index in [1.807, 2.05) is 6.07 Å². The lowest BCUT2D eigenvalue weighted by Gasteiger charge is -2.27. The minimum atomic E-state index is -0.282. The van der Waals surface area contributed by atoms with Crippen LogP contribution in [0.25, 0.3) is 5.69 Å². The molecule has 5 rings (SSSR count). The van der Waals surface area contributed by atoms with Gasteiger partial charge in [0.15, 0.2) is 5.69 Å². The largest absolute Gasteiger partial charge is 0.349 e. The second-order valence-corrected chi connectivity index (χ2v) is 7.68. The van der Waals surface area contributed by atoms with Gasteiger partial charge in [0.2, 0.25) is 0 Å². The fourth-order valence-electron chi connectivity index (χ4n) is 4.47. The van der Waals surface area contributed by atoms with Crippen molar-refractivity contribution >= 4 is 18.3 Å². The van der Waals surface area contributed by atoms with Crippen molar-refractivity contribution < 1.29 is 9.18 Å². The zero-order valence-electron chi connectivity index (χ0n) is 16.5. The van der Waals surface area contributed by atoms with E-state index in [0.717, 1.165) is 49.2 Å². The van der Waals surface area contributed by atoms with Crippen LogP contribution in [0, 0.1) is 5.82 Å². The van der Waals surface area contributed by atoms with Gasteiger partial charge in [-0.2, -0.15) is 5.10 Å². The smallest absolute Gasteiger partial charge is 0.272 e. The average Bonchev–Trinajstić information content (AvgIpc) is 3.35. The number of hydrogen-bond acceptors (Lipinski definition) is 3. The number of nitrogens with zero attached hydrogens (tertiary/aromatic N) is 2. The van der Waals surface area contributed by atoms with Crippen molar-refractivity contribution in [2.75, 3.05) is 13.1 Å². The van der Waals surface area contributed by atoms with Crippen LogP contribution in [0.2, 0.25) is 0 Å². The highest BCUT2D eigenvalue weighted by atomic mass is 35.5. The van der Waals surface area contributed by atoms with E-state index in [9.17, 15) is 9.18 Å². The Morgan fingerprint density at radius 3 is 2.77 bits per heavy atom. The van der Waals surface area contributed by atoms with Crippen molar-refractivity contribution in [2.45, 2.75) is 31.7 Å². The van der Waals surface area contributed by atoms with Gasteiger partial charge >= 0.3 is 0 Å². The molecule has 2 aliphatic rings. The molecule has 0 spiro atoms. The quantitative estimate of drug-likeness (QED) is 0.671. The fraction of sp³-hybridized carbons (Fsp3) is 0.304. The molecule has 0 bridgehead atoms. The van der Waals surface area contributed by atoms with Gasteiger partial charge in [0.25, 0.3) is 5.91 Å². The summed E-state index contributed by atoms with van der Waals surface area (Å²) in [5.74, 6) is -0.426. The summed E-state index contributed by atoms with van der Waals surface area (Å²) < 4.78 is 15.1. The molecular formula is C23H24ClFN4O. The number of hydrogen-bond donors (Lipinski definition) is 2. The summed E-state index contributed by atoms with van der Waals surface area (Å²) in [5.41, 5.74) is 5.94. The summed E-state index contributed by atoms with van der Waals surface area (Å²) in [6, 6.07) is 14.7. The minimum absolute atomic E-state index is 0. The summed E-state index contributed by atoms with van der Waals surface area (Å²) in [7, 11) is 0. The van der Waals surface area contributed by atoms with Crippen LogP contribution in [-0.2, 0) is 19.3 Å². The first-order chi connectivity index (χ1) is 14.2. The Morgan fingerprint density at radius 1 is 1.13 bits per heavy atom. The predicted octanol–water partition coefficient (Wildman–Crippen LogP) is 3.54. The lowest BCUT2D eigenvalue weighted by Crippen LogP contribution is -2.39. The molecule has 1 atom stereocenters. The van der Waals surface area contributed by atoms with Crippen molar-refractivity contribution in [1.29, 1.82) is 0 Å². The van der Waals surface area contributed by atoms with Crippen molar-refractivity contribution in [1.82, 2.24) is 20.4 Å². The Kier molecular flexibility index (Phi) is 5.88. The first kappa shape index (κ1) is 20.6. The van der Waals surface area contributed by atoms with Gasteiger partial charge in [0.05, 0.1) is 5.69 Å². The highest BCUT2D eigenvalue weighted by Gasteiger charge is 2.28. The van der Waals surface area contributed by atoms with Crippen LogP contribution < -0.4 is 10.6 Å². The Labute approximate surface area is 181 Å². The van der Waals surface area contributed by atoms with Crippen LogP contribution in [-0.4, -0.2) is 28.8 Å². The van der Waals surface area contributed by atoms with E-state index >= 15 is 0 Å². The minimum Gasteiger partial charge on any atom is -0.349 e. The molecule has 1 aliphatic heterocycles. The third-order valence-corrected chi connectivity index (χ3v) is 5.90. The van der Waals surface area contributed by atoms with Gasteiger partial charge in [-0.1, -0.05) is 24.3 Å². The van der Waals surface area contributed by atoms with Crippen LogP contribution in [0.5, 0.6) is 0 Å². The van der Waals surface area contributed by atoms with Crippen LogP contribution in [0.15, 0.2) is 48.5 Å². The molecule has 1 aromatic heterocycles. The van der Waals surface area contributed by atoms with Gasteiger partial charge in [-0.05, 0) is 67.6 Å². The van der Waals surface area contributed by atoms with Crippen LogP contribution >= 0.6 is 12.4 Å². The Morgan fingerprint density at radius 2 is 1.93 bits per heavy atom. The number of aromatic nitrogens is 2. The average molecular weight is 427 g/mol. The number of rotatable bonds is 4. The monoisotopic (exact) mass is 426 g/mol. The zero-order valence-corrected chi connectivity index (χ0v) is 17.3. The SMILES string of the molecule is Cl.O=C(NCC1NCCc2ccccc21)c1nn(-c2ccc(F)cc2)c2c1CCC2. The van der Waals surface area contributed by atoms with E-state index in [1.165, 1.54) is 23.3 Å². The summed E-state index contributed by atoms with van der Waals surface area (Å²) in [6.45, 7) is 1.43. The third kappa shape index (κ3) is 3.73. The van der Waals surface area contributed by atoms with E-state index < -0.39 is 0 Å². The maximum Gasteiger partial charge on any atom is 0.272 e. The van der Waals surface area contributed by atoms with Gasteiger partial charge in [0.1, 0.15) is 5.82 Å². The molecule has 1 amide bonds. The van der Waals surface area contributed by atoms with Crippen LogP contribution in [0.1, 0.15) is 45.3 Å². The maximum atomic E-state index is 13.3. The summed E-state index contributed by atoms with van der Waals surface area (Å²) in [4.78, 5) is 13.0. The van der Waals surface area contributed by atoms with Gasteiger partial charge in [-0.25, -0.2) is 9.07 Å². The highest BCUT2D eigenvalue weighted by molar-refractivity contribution is 5.94. The zero-order chi connectivity index (χ0) is 19.8. The molecule has 156 valence electrons. The maximum absolute atomic E-state index is 13.3. The highest BCUT2D eigenvalue weighted by Crippen LogP contribution is 2.28. The molecule has 2 N–H and O–H groups in total. The Bertz CT molecular complexity index is 1060. The number of benzene rings is 2. The molecule has 0 saturated heterocycles. The molecule has 5 nitrogen and oxygen atoms in total. The number of nitrogens with one attached hydrogen (secondary N) is 2. The lowest BCUT2D eigenvalue weighted by atomic mass is 9.94. The molecule has 1 unspecified atom stereocenters. The van der Waals surface area contributed by atoms with Crippen molar-refractivity contribution in [2.24, 2.45) is 0 Å². The summed E-state index contributed by atoms with van der Waals surface area (Å²) in [6.07, 6.45) is 3.75. The summed E-state index contributed by atoms with van der Waals surface area (Å²) >= 11 is 0. The molecule has 0 fully saturated rings. The van der Waals surface area contributed by atoms with Crippen molar-refractivity contribution in [3.8, 4) is 5.69 Å². The molecule has 2 aromatic carbocycles. The summed E-state index contributed by atoms with van der Waals surface area (Å²) in [5, 5.41) is 11.2. The van der Waals surface area contributed by atoms with Crippen molar-refractivity contribution in [3.63, 3.8) is 0 Å². The molecule has 2 heterocycles. The molecule has 0 saturated carbocycles. The van der Waals surface area contributed by atoms with E-state index in [-0.39, 0.29) is 30.2 Å². The topological polar surface area (TPSA) is 59.0 Å². The molecule has 30 heavy (non-hydrogen) atoms. The normalized spacial score (nSPS) is 17.0. The fourth-order valence-corrected chi connectivity index (χ4v) is 4.47. The standard InChI is InChI=1S/C23H23FN4O.ClH/c24-16-8-10-17(11-9-16)28-21-7-3-6-19(21)22(27-28)23(29)26-14-20-18-5-2-1-4-15(18)12-13-25-20;/h1-2,4-5,8-11,20,25H,3,6-7,12-14H2,(H,26,29);1H. The van der Waals surface area contributed by atoms with Crippen LogP contribution in [0.3, 0.4) is 0 Å². The second kappa shape index (κ2) is 8.58. The number of halogens is 2. The Hall–Kier alpha value is -2.70. The molecule has 3 aromatic rings. The lowest BCUT2D eigenvalue weighted by molar-refractivity contribution is 0.0942. The van der Waals surface area contributed by atoms with Crippen LogP contribution in [0.4, 0.5) is 4.39 Å². The van der Waals surface area contributed by atoms with E-state index in [4.69, 9.17) is 0 Å². The van der Waals surface area contributed by atoms with Gasteiger partial charge in [0, 0.05) is 23.8 Å².